The minimum atomic E-state index is -4.88. The van der Waals surface area contributed by atoms with Crippen molar-refractivity contribution >= 4 is 0 Å². The van der Waals surface area contributed by atoms with Crippen molar-refractivity contribution in [3.8, 4) is 0 Å². The van der Waals surface area contributed by atoms with Gasteiger partial charge in [0, 0.05) is 12.0 Å². The monoisotopic (exact) mass is 403 g/mol. The molecule has 1 aliphatic carbocycles. The van der Waals surface area contributed by atoms with Crippen molar-refractivity contribution in [2.45, 2.75) is 49.9 Å². The van der Waals surface area contributed by atoms with Gasteiger partial charge in [0.1, 0.15) is 0 Å². The quantitative estimate of drug-likeness (QED) is 0.683. The highest BCUT2D eigenvalue weighted by atomic mass is 19.4. The normalized spacial score (nSPS) is 23.2. The fourth-order valence-corrected chi connectivity index (χ4v) is 3.62. The standard InChI is InChI=1S/C20H19F6NO/c21-19(22,23)14-8-12(9-15(10-14)20(24,25)26)11-28-17-7-6-16(27)18(17)13-4-2-1-3-5-13/h1-5,8-10,16-18H,6-7,11,27H2/t16-,17+,18+/m1/s1. The molecule has 0 unspecified atom stereocenters. The van der Waals surface area contributed by atoms with Crippen molar-refractivity contribution in [2.24, 2.45) is 5.73 Å². The number of halogens is 6. The first-order chi connectivity index (χ1) is 13.1. The van der Waals surface area contributed by atoms with Gasteiger partial charge in [-0.3, -0.25) is 0 Å². The van der Waals surface area contributed by atoms with Gasteiger partial charge in [-0.25, -0.2) is 0 Å². The summed E-state index contributed by atoms with van der Waals surface area (Å²) in [6.45, 7) is -0.353. The Bertz CT molecular complexity index is 770. The van der Waals surface area contributed by atoms with Crippen molar-refractivity contribution < 1.29 is 31.1 Å². The number of nitrogens with two attached hydrogens (primary N) is 1. The molecule has 2 aromatic carbocycles. The molecule has 2 nitrogen and oxygen atoms in total. The van der Waals surface area contributed by atoms with E-state index in [1.807, 2.05) is 30.3 Å². The third-order valence-corrected chi connectivity index (χ3v) is 4.94. The van der Waals surface area contributed by atoms with E-state index in [9.17, 15) is 26.3 Å². The van der Waals surface area contributed by atoms with Crippen LogP contribution in [0.25, 0.3) is 0 Å². The zero-order chi connectivity index (χ0) is 20.5. The molecule has 0 radical (unpaired) electrons. The lowest BCUT2D eigenvalue weighted by Crippen LogP contribution is -2.29. The molecule has 0 bridgehead atoms. The second kappa shape index (κ2) is 7.75. The summed E-state index contributed by atoms with van der Waals surface area (Å²) in [6.07, 6.45) is -8.87. The molecule has 0 aromatic heterocycles. The van der Waals surface area contributed by atoms with Crippen LogP contribution >= 0.6 is 0 Å². The Kier molecular flexibility index (Phi) is 5.72. The molecule has 0 saturated heterocycles. The number of hydrogen-bond donors (Lipinski definition) is 1. The van der Waals surface area contributed by atoms with Gasteiger partial charge < -0.3 is 10.5 Å². The highest BCUT2D eigenvalue weighted by molar-refractivity contribution is 5.33. The van der Waals surface area contributed by atoms with E-state index in [-0.39, 0.29) is 36.3 Å². The molecular formula is C20H19F6NO. The van der Waals surface area contributed by atoms with E-state index >= 15 is 0 Å². The maximum atomic E-state index is 13.0. The van der Waals surface area contributed by atoms with E-state index in [2.05, 4.69) is 0 Å². The van der Waals surface area contributed by atoms with E-state index in [0.29, 0.717) is 25.0 Å². The second-order valence-corrected chi connectivity index (χ2v) is 6.94. The number of benzene rings is 2. The molecule has 0 aliphatic heterocycles. The molecule has 0 spiro atoms. The maximum absolute atomic E-state index is 13.0. The van der Waals surface area contributed by atoms with Gasteiger partial charge in [0.05, 0.1) is 23.8 Å². The lowest BCUT2D eigenvalue weighted by Gasteiger charge is -2.24. The summed E-state index contributed by atoms with van der Waals surface area (Å²) < 4.78 is 83.7. The van der Waals surface area contributed by atoms with Gasteiger partial charge in [-0.1, -0.05) is 30.3 Å². The Morgan fingerprint density at radius 3 is 1.96 bits per heavy atom. The minimum absolute atomic E-state index is 0.113. The van der Waals surface area contributed by atoms with Crippen molar-refractivity contribution in [3.05, 3.63) is 70.8 Å². The van der Waals surface area contributed by atoms with E-state index < -0.39 is 23.5 Å². The van der Waals surface area contributed by atoms with Gasteiger partial charge in [0.2, 0.25) is 0 Å². The van der Waals surface area contributed by atoms with Gasteiger partial charge >= 0.3 is 12.4 Å². The summed E-state index contributed by atoms with van der Waals surface area (Å²) in [6, 6.07) is 10.6. The number of hydrogen-bond acceptors (Lipinski definition) is 2. The van der Waals surface area contributed by atoms with Crippen molar-refractivity contribution in [3.63, 3.8) is 0 Å². The maximum Gasteiger partial charge on any atom is 0.416 e. The summed E-state index contributed by atoms with van der Waals surface area (Å²) in [5.41, 5.74) is 4.24. The van der Waals surface area contributed by atoms with Crippen LogP contribution in [-0.4, -0.2) is 12.1 Å². The zero-order valence-electron chi connectivity index (χ0n) is 14.7. The molecule has 152 valence electrons. The van der Waals surface area contributed by atoms with Crippen LogP contribution in [0.5, 0.6) is 0 Å². The van der Waals surface area contributed by atoms with Gasteiger partial charge in [0.25, 0.3) is 0 Å². The Hall–Kier alpha value is -2.06. The number of rotatable bonds is 4. The Morgan fingerprint density at radius 1 is 0.857 bits per heavy atom. The van der Waals surface area contributed by atoms with Gasteiger partial charge in [-0.2, -0.15) is 26.3 Å². The Balaban J connectivity index is 1.82. The highest BCUT2D eigenvalue weighted by Gasteiger charge is 2.38. The fraction of sp³-hybridized carbons (Fsp3) is 0.400. The first-order valence-electron chi connectivity index (χ1n) is 8.76. The number of ether oxygens (including phenoxy) is 1. The summed E-state index contributed by atoms with van der Waals surface area (Å²) in [7, 11) is 0. The first kappa shape index (κ1) is 20.7. The molecule has 1 aliphatic rings. The molecule has 3 rings (SSSR count). The van der Waals surface area contributed by atoms with E-state index in [4.69, 9.17) is 10.5 Å². The summed E-state index contributed by atoms with van der Waals surface area (Å²) in [5.74, 6) is -0.158. The van der Waals surface area contributed by atoms with E-state index in [1.165, 1.54) is 0 Å². The molecule has 3 atom stereocenters. The third-order valence-electron chi connectivity index (χ3n) is 4.94. The van der Waals surface area contributed by atoms with Crippen LogP contribution in [0.1, 0.15) is 41.0 Å². The average Bonchev–Trinajstić information content (AvgIpc) is 2.99. The molecule has 2 aromatic rings. The third kappa shape index (κ3) is 4.67. The second-order valence-electron chi connectivity index (χ2n) is 6.94. The summed E-state index contributed by atoms with van der Waals surface area (Å²) >= 11 is 0. The highest BCUT2D eigenvalue weighted by Crippen LogP contribution is 2.38. The predicted molar refractivity (Wildman–Crippen MR) is 91.4 cm³/mol. The molecule has 0 amide bonds. The van der Waals surface area contributed by atoms with Crippen LogP contribution < -0.4 is 5.73 Å². The van der Waals surface area contributed by atoms with Gasteiger partial charge in [0.15, 0.2) is 0 Å². The topological polar surface area (TPSA) is 35.2 Å². The molecule has 1 saturated carbocycles. The summed E-state index contributed by atoms with van der Waals surface area (Å²) in [4.78, 5) is 0. The van der Waals surface area contributed by atoms with Crippen LogP contribution in [0.2, 0.25) is 0 Å². The van der Waals surface area contributed by atoms with Crippen molar-refractivity contribution in [2.75, 3.05) is 0 Å². The first-order valence-corrected chi connectivity index (χ1v) is 8.76. The van der Waals surface area contributed by atoms with Crippen molar-refractivity contribution in [1.82, 2.24) is 0 Å². The van der Waals surface area contributed by atoms with Crippen molar-refractivity contribution in [1.29, 1.82) is 0 Å². The average molecular weight is 403 g/mol. The van der Waals surface area contributed by atoms with Crippen LogP contribution in [-0.2, 0) is 23.7 Å². The summed E-state index contributed by atoms with van der Waals surface area (Å²) in [5, 5.41) is 0. The molecule has 0 heterocycles. The lowest BCUT2D eigenvalue weighted by molar-refractivity contribution is -0.143. The fourth-order valence-electron chi connectivity index (χ4n) is 3.62. The Morgan fingerprint density at radius 2 is 1.43 bits per heavy atom. The van der Waals surface area contributed by atoms with Gasteiger partial charge in [-0.15, -0.1) is 0 Å². The van der Waals surface area contributed by atoms with E-state index in [0.717, 1.165) is 5.56 Å². The largest absolute Gasteiger partial charge is 0.416 e. The van der Waals surface area contributed by atoms with Crippen LogP contribution in [0.4, 0.5) is 26.3 Å². The molecule has 28 heavy (non-hydrogen) atoms. The minimum Gasteiger partial charge on any atom is -0.373 e. The predicted octanol–water partition coefficient (Wildman–Crippen LogP) is 5.51. The lowest BCUT2D eigenvalue weighted by atomic mass is 9.93. The van der Waals surface area contributed by atoms with Crippen LogP contribution in [0.3, 0.4) is 0 Å². The van der Waals surface area contributed by atoms with Gasteiger partial charge in [-0.05, 0) is 42.2 Å². The molecule has 2 N–H and O–H groups in total. The van der Waals surface area contributed by atoms with Crippen LogP contribution in [0.15, 0.2) is 48.5 Å². The van der Waals surface area contributed by atoms with Crippen LogP contribution in [0, 0.1) is 0 Å². The molecule has 1 fully saturated rings. The number of alkyl halides is 6. The smallest absolute Gasteiger partial charge is 0.373 e. The molecule has 8 heteroatoms. The zero-order valence-corrected chi connectivity index (χ0v) is 14.7. The SMILES string of the molecule is N[C@@H]1CC[C@H](OCc2cc(C(F)(F)F)cc(C(F)(F)F)c2)[C@H]1c1ccccc1. The Labute approximate surface area is 158 Å². The molecular weight excluding hydrogens is 384 g/mol. The van der Waals surface area contributed by atoms with E-state index in [1.54, 1.807) is 0 Å².